The first kappa shape index (κ1) is 23.0. The zero-order valence-corrected chi connectivity index (χ0v) is 20.3. The van der Waals surface area contributed by atoms with Gasteiger partial charge in [-0.2, -0.15) is 35.8 Å². The van der Waals surface area contributed by atoms with Crippen molar-refractivity contribution in [1.29, 1.82) is 10.5 Å². The highest BCUT2D eigenvalue weighted by molar-refractivity contribution is 8.40. The number of thioether (sulfide) groups is 6. The SMILES string of the molecule is N#CCCSC1=C(SCCC#N)SC(=CC=C2SC(CS)=C(CS)S2)S1. The van der Waals surface area contributed by atoms with Crippen LogP contribution < -0.4 is 0 Å². The molecule has 0 spiro atoms. The van der Waals surface area contributed by atoms with Gasteiger partial charge in [0.15, 0.2) is 0 Å². The predicted octanol–water partition coefficient (Wildman–Crippen LogP) is 7.12. The van der Waals surface area contributed by atoms with Gasteiger partial charge in [0.1, 0.15) is 0 Å². The normalized spacial score (nSPS) is 16.9. The summed E-state index contributed by atoms with van der Waals surface area (Å²) in [7, 11) is 0. The minimum Gasteiger partial charge on any atom is -0.198 e. The van der Waals surface area contributed by atoms with Crippen LogP contribution in [0, 0.1) is 22.7 Å². The van der Waals surface area contributed by atoms with E-state index in [2.05, 4.69) is 49.5 Å². The average Bonchev–Trinajstić information content (AvgIpc) is 3.24. The molecular formula is C16H16N2S8. The summed E-state index contributed by atoms with van der Waals surface area (Å²) in [5.41, 5.74) is 0. The van der Waals surface area contributed by atoms with E-state index in [9.17, 15) is 0 Å². The topological polar surface area (TPSA) is 47.6 Å². The molecule has 0 aromatic rings. The van der Waals surface area contributed by atoms with E-state index in [1.54, 1.807) is 70.6 Å². The van der Waals surface area contributed by atoms with Crippen LogP contribution in [0.25, 0.3) is 0 Å². The smallest absolute Gasteiger partial charge is 0.0660 e. The largest absolute Gasteiger partial charge is 0.198 e. The Morgan fingerprint density at radius 2 is 1.19 bits per heavy atom. The van der Waals surface area contributed by atoms with Crippen molar-refractivity contribution in [2.24, 2.45) is 0 Å². The monoisotopic (exact) mass is 492 g/mol. The second kappa shape index (κ2) is 13.1. The lowest BCUT2D eigenvalue weighted by molar-refractivity contribution is 1.24. The molecule has 2 aliphatic rings. The van der Waals surface area contributed by atoms with Crippen molar-refractivity contribution < 1.29 is 0 Å². The molecule has 0 aliphatic carbocycles. The molecular weight excluding hydrogens is 477 g/mol. The third-order valence-corrected chi connectivity index (χ3v) is 11.9. The molecule has 2 rings (SSSR count). The minimum atomic E-state index is 0.552. The molecule has 0 N–H and O–H groups in total. The van der Waals surface area contributed by atoms with Crippen LogP contribution in [0.1, 0.15) is 12.8 Å². The van der Waals surface area contributed by atoms with E-state index >= 15 is 0 Å². The van der Waals surface area contributed by atoms with Gasteiger partial charge < -0.3 is 0 Å². The molecule has 0 atom stereocenters. The first-order chi connectivity index (χ1) is 12.7. The molecule has 0 radical (unpaired) electrons. The Kier molecular flexibility index (Phi) is 11.6. The highest BCUT2D eigenvalue weighted by Gasteiger charge is 2.22. The molecule has 0 unspecified atom stereocenters. The molecule has 2 nitrogen and oxygen atoms in total. The van der Waals surface area contributed by atoms with Crippen LogP contribution in [-0.2, 0) is 0 Å². The Hall–Kier alpha value is 0.740. The minimum absolute atomic E-state index is 0.552. The quantitative estimate of drug-likeness (QED) is 0.260. The Labute approximate surface area is 191 Å². The Morgan fingerprint density at radius 3 is 1.58 bits per heavy atom. The molecule has 0 fully saturated rings. The van der Waals surface area contributed by atoms with Gasteiger partial charge in [-0.1, -0.05) is 47.0 Å². The van der Waals surface area contributed by atoms with E-state index in [4.69, 9.17) is 10.5 Å². The zero-order valence-electron chi connectivity index (χ0n) is 13.6. The maximum absolute atomic E-state index is 8.75. The van der Waals surface area contributed by atoms with E-state index in [1.807, 2.05) is 0 Å². The molecule has 2 heterocycles. The van der Waals surface area contributed by atoms with Crippen LogP contribution >= 0.6 is 95.8 Å². The summed E-state index contributed by atoms with van der Waals surface area (Å²) in [6.45, 7) is 0. The number of hydrogen-bond donors (Lipinski definition) is 2. The van der Waals surface area contributed by atoms with Gasteiger partial charge in [0.25, 0.3) is 0 Å². The molecule has 10 heteroatoms. The highest BCUT2D eigenvalue weighted by Crippen LogP contribution is 2.57. The number of rotatable bonds is 9. The van der Waals surface area contributed by atoms with Crippen molar-refractivity contribution in [3.63, 3.8) is 0 Å². The van der Waals surface area contributed by atoms with Crippen molar-refractivity contribution >= 4 is 95.8 Å². The molecule has 138 valence electrons. The summed E-state index contributed by atoms with van der Waals surface area (Å²) >= 11 is 19.4. The van der Waals surface area contributed by atoms with Gasteiger partial charge in [-0.25, -0.2) is 0 Å². The molecule has 0 aromatic heterocycles. The van der Waals surface area contributed by atoms with Crippen LogP contribution in [0.4, 0.5) is 0 Å². The van der Waals surface area contributed by atoms with Crippen molar-refractivity contribution in [1.82, 2.24) is 0 Å². The molecule has 0 saturated heterocycles. The van der Waals surface area contributed by atoms with E-state index in [0.717, 1.165) is 23.0 Å². The molecule has 0 amide bonds. The first-order valence-corrected chi connectivity index (χ1v) is 14.0. The lowest BCUT2D eigenvalue weighted by Gasteiger charge is -2.01. The van der Waals surface area contributed by atoms with Crippen molar-refractivity contribution in [3.8, 4) is 12.1 Å². The number of thiol groups is 2. The molecule has 26 heavy (non-hydrogen) atoms. The molecule has 0 bridgehead atoms. The van der Waals surface area contributed by atoms with Gasteiger partial charge in [-0.15, -0.1) is 23.5 Å². The van der Waals surface area contributed by atoms with Gasteiger partial charge >= 0.3 is 0 Å². The fraction of sp³-hybridized carbons (Fsp3) is 0.375. The summed E-state index contributed by atoms with van der Waals surface area (Å²) in [4.78, 5) is 2.59. The Morgan fingerprint density at radius 1 is 0.769 bits per heavy atom. The summed E-state index contributed by atoms with van der Waals surface area (Å²) in [5, 5.41) is 17.5. The van der Waals surface area contributed by atoms with Gasteiger partial charge in [0.05, 0.1) is 24.8 Å². The van der Waals surface area contributed by atoms with E-state index in [1.165, 1.54) is 26.8 Å². The number of nitriles is 2. The van der Waals surface area contributed by atoms with Gasteiger partial charge in [-0.3, -0.25) is 0 Å². The predicted molar refractivity (Wildman–Crippen MR) is 134 cm³/mol. The summed E-state index contributed by atoms with van der Waals surface area (Å²) in [5.74, 6) is 3.13. The summed E-state index contributed by atoms with van der Waals surface area (Å²) in [6, 6.07) is 4.39. The van der Waals surface area contributed by atoms with Crippen LogP contribution in [-0.4, -0.2) is 23.0 Å². The summed E-state index contributed by atoms with van der Waals surface area (Å²) < 4.78 is 5.02. The van der Waals surface area contributed by atoms with Crippen molar-refractivity contribution in [2.45, 2.75) is 12.8 Å². The van der Waals surface area contributed by atoms with E-state index < -0.39 is 0 Å². The second-order valence-electron chi connectivity index (χ2n) is 4.63. The van der Waals surface area contributed by atoms with E-state index in [0.29, 0.717) is 12.8 Å². The number of nitrogens with zero attached hydrogens (tertiary/aromatic N) is 2. The Bertz CT molecular complexity index is 672. The van der Waals surface area contributed by atoms with Gasteiger partial charge in [-0.05, 0) is 12.2 Å². The number of allylic oxidation sites excluding steroid dienone is 2. The highest BCUT2D eigenvalue weighted by atomic mass is 32.3. The molecule has 0 aromatic carbocycles. The lowest BCUT2D eigenvalue weighted by atomic mass is 10.6. The molecule has 2 aliphatic heterocycles. The third kappa shape index (κ3) is 7.29. The van der Waals surface area contributed by atoms with Crippen LogP contribution in [0.15, 0.2) is 38.9 Å². The fourth-order valence-corrected chi connectivity index (χ4v) is 10.5. The molecule has 0 saturated carbocycles. The third-order valence-electron chi connectivity index (χ3n) is 2.85. The fourth-order valence-electron chi connectivity index (χ4n) is 1.73. The van der Waals surface area contributed by atoms with Gasteiger partial charge in [0, 0.05) is 49.9 Å². The van der Waals surface area contributed by atoms with Gasteiger partial charge in [0.2, 0.25) is 0 Å². The standard InChI is InChI=1S/C16H16N2S8/c17-5-1-7-21-15-16(22-8-2-6-18)26-14(25-15)4-3-13-23-11(9-19)12(10-20)24-13/h3-4,19-20H,1-2,7-10H2. The lowest BCUT2D eigenvalue weighted by Crippen LogP contribution is -1.80. The second-order valence-corrected chi connectivity index (χ2v) is 12.9. The van der Waals surface area contributed by atoms with Crippen LogP contribution in [0.2, 0.25) is 0 Å². The van der Waals surface area contributed by atoms with Crippen LogP contribution in [0.5, 0.6) is 0 Å². The Balaban J connectivity index is 1.99. The first-order valence-electron chi connectivity index (χ1n) is 7.52. The van der Waals surface area contributed by atoms with Crippen molar-refractivity contribution in [2.75, 3.05) is 23.0 Å². The van der Waals surface area contributed by atoms with Crippen LogP contribution in [0.3, 0.4) is 0 Å². The average molecular weight is 493 g/mol. The maximum Gasteiger partial charge on any atom is 0.0660 e. The van der Waals surface area contributed by atoms with E-state index in [-0.39, 0.29) is 0 Å². The number of hydrogen-bond acceptors (Lipinski definition) is 10. The maximum atomic E-state index is 8.75. The summed E-state index contributed by atoms with van der Waals surface area (Å²) in [6.07, 6.45) is 5.45. The zero-order chi connectivity index (χ0) is 18.8. The van der Waals surface area contributed by atoms with Crippen molar-refractivity contribution in [3.05, 3.63) is 38.9 Å².